The van der Waals surface area contributed by atoms with Crippen LogP contribution in [-0.4, -0.2) is 23.9 Å². The Hall–Kier alpha value is -2.89. The van der Waals surface area contributed by atoms with Gasteiger partial charge < -0.3 is 5.11 Å². The molecule has 1 aliphatic heterocycles. The normalized spacial score (nSPS) is 14.7. The van der Waals surface area contributed by atoms with Crippen LogP contribution in [0.25, 0.3) is 42.6 Å². The SMILES string of the molecule is CCC(CC)C(=O)/C=C(\O)C(CC)CC.CCC(CC)c1cc(-c2nccc3c(C)c(-c4ccc(C5CC[Si](C)(C)CC5)cc4C)sc23)[c-]c2ccccc12.[Ir]. The Morgan fingerprint density at radius 3 is 2.12 bits per heavy atom. The van der Waals surface area contributed by atoms with Crippen molar-refractivity contribution in [2.45, 2.75) is 144 Å². The molecule has 0 unspecified atom stereocenters. The number of aliphatic hydroxyl groups is 1. The van der Waals surface area contributed by atoms with Gasteiger partial charge in [0.1, 0.15) is 0 Å². The number of ketones is 1. The van der Waals surface area contributed by atoms with Crippen LogP contribution in [-0.2, 0) is 24.9 Å². The van der Waals surface area contributed by atoms with E-state index in [1.807, 2.05) is 45.2 Å². The van der Waals surface area contributed by atoms with E-state index in [2.05, 4.69) is 101 Å². The van der Waals surface area contributed by atoms with Gasteiger partial charge in [-0.15, -0.1) is 40.5 Å². The summed E-state index contributed by atoms with van der Waals surface area (Å²) in [5, 5.41) is 13.6. The van der Waals surface area contributed by atoms with Crippen LogP contribution in [0.4, 0.5) is 0 Å². The molecule has 3 heterocycles. The van der Waals surface area contributed by atoms with Crippen LogP contribution in [0.3, 0.4) is 0 Å². The molecule has 6 heteroatoms. The minimum Gasteiger partial charge on any atom is -0.512 e. The van der Waals surface area contributed by atoms with Crippen LogP contribution >= 0.6 is 11.3 Å². The number of aliphatic hydroxyl groups excluding tert-OH is 1. The first-order chi connectivity index (χ1) is 26.4. The smallest absolute Gasteiger partial charge is 0.162 e. The maximum atomic E-state index is 11.7. The summed E-state index contributed by atoms with van der Waals surface area (Å²) >= 11 is 1.91. The summed E-state index contributed by atoms with van der Waals surface area (Å²) in [5.41, 5.74) is 9.31. The third-order valence-electron chi connectivity index (χ3n) is 12.7. The second-order valence-corrected chi connectivity index (χ2v) is 23.2. The second kappa shape index (κ2) is 20.7. The molecule has 56 heavy (non-hydrogen) atoms. The summed E-state index contributed by atoms with van der Waals surface area (Å²) in [4.78, 5) is 18.1. The summed E-state index contributed by atoms with van der Waals surface area (Å²) in [5.74, 6) is 1.82. The van der Waals surface area contributed by atoms with Crippen molar-refractivity contribution in [1.29, 1.82) is 0 Å². The number of hydrogen-bond donors (Lipinski definition) is 1. The Balaban J connectivity index is 0.000000372. The molecule has 1 N–H and O–H groups in total. The topological polar surface area (TPSA) is 50.2 Å². The summed E-state index contributed by atoms with van der Waals surface area (Å²) in [7, 11) is -0.939. The molecule has 0 amide bonds. The molecule has 0 saturated carbocycles. The zero-order chi connectivity index (χ0) is 39.9. The fourth-order valence-corrected chi connectivity index (χ4v) is 12.7. The van der Waals surface area contributed by atoms with Gasteiger partial charge in [0, 0.05) is 67.6 Å². The van der Waals surface area contributed by atoms with Crippen molar-refractivity contribution in [3.8, 4) is 21.7 Å². The number of fused-ring (bicyclic) bond motifs is 2. The van der Waals surface area contributed by atoms with Gasteiger partial charge in [-0.05, 0) is 97.9 Å². The molecule has 2 aromatic heterocycles. The monoisotopic (exact) mass is 965 g/mol. The fraction of sp³-hybridized carbons (Fsp3) is 0.480. The molecule has 3 nitrogen and oxygen atoms in total. The first kappa shape index (κ1) is 45.8. The number of aromatic nitrogens is 1. The average Bonchev–Trinajstić information content (AvgIpc) is 3.52. The summed E-state index contributed by atoms with van der Waals surface area (Å²) in [6, 6.07) is 27.3. The van der Waals surface area contributed by atoms with E-state index >= 15 is 0 Å². The number of thiophene rings is 1. The van der Waals surface area contributed by atoms with Gasteiger partial charge >= 0.3 is 0 Å². The minimum atomic E-state index is -0.939. The Bertz CT molecular complexity index is 2090. The van der Waals surface area contributed by atoms with Gasteiger partial charge in [-0.2, -0.15) is 0 Å². The van der Waals surface area contributed by atoms with Crippen LogP contribution in [0.5, 0.6) is 0 Å². The molecule has 6 rings (SSSR count). The van der Waals surface area contributed by atoms with Gasteiger partial charge in [0.25, 0.3) is 0 Å². The van der Waals surface area contributed by atoms with Crippen LogP contribution < -0.4 is 0 Å². The number of nitrogens with zero attached hydrogens (tertiary/aromatic N) is 1. The van der Waals surface area contributed by atoms with Crippen molar-refractivity contribution in [2.75, 3.05) is 0 Å². The van der Waals surface area contributed by atoms with Crippen LogP contribution in [0.15, 0.2) is 72.6 Å². The third kappa shape index (κ3) is 10.4. The number of allylic oxidation sites excluding steroid dienone is 2. The van der Waals surface area contributed by atoms with Crippen molar-refractivity contribution in [3.63, 3.8) is 0 Å². The number of benzene rings is 3. The van der Waals surface area contributed by atoms with Crippen molar-refractivity contribution in [3.05, 3.63) is 101 Å². The van der Waals surface area contributed by atoms with E-state index in [0.717, 1.165) is 55.7 Å². The first-order valence-electron chi connectivity index (χ1n) is 21.3. The van der Waals surface area contributed by atoms with E-state index in [1.165, 1.54) is 79.0 Å². The van der Waals surface area contributed by atoms with Gasteiger partial charge in [0.2, 0.25) is 0 Å². The molecule has 1 aliphatic rings. The van der Waals surface area contributed by atoms with Gasteiger partial charge in [-0.1, -0.05) is 127 Å². The Morgan fingerprint density at radius 1 is 0.875 bits per heavy atom. The number of aryl methyl sites for hydroxylation is 2. The maximum Gasteiger partial charge on any atom is 0.162 e. The molecular weight excluding hydrogens is 899 g/mol. The van der Waals surface area contributed by atoms with Crippen molar-refractivity contribution in [2.24, 2.45) is 11.8 Å². The Morgan fingerprint density at radius 2 is 1.52 bits per heavy atom. The van der Waals surface area contributed by atoms with Crippen molar-refractivity contribution >= 4 is 46.1 Å². The van der Waals surface area contributed by atoms with E-state index in [0.29, 0.717) is 5.92 Å². The standard InChI is InChI=1S/C37H42NSSi.C13H24O2.Ir/c1-7-26(8-2)34-23-30(22-29-11-9-10-12-33(29)34)35-37-32(15-18-38-35)25(4)36(39-37)31-14-13-28(21-24(31)3)27-16-19-40(5,6)20-17-27;1-5-10(6-2)12(14)9-13(15)11(7-3)8-4;/h9-15,18,21,23,26-27H,7-8,16-17,19-20H2,1-6H3;9-11,14H,5-8H2,1-4H3;/q-1;;/b;12-9-;. The van der Waals surface area contributed by atoms with E-state index < -0.39 is 8.07 Å². The number of pyridine rings is 1. The molecule has 5 aromatic rings. The number of carbonyl (C=O) groups is 1. The zero-order valence-corrected chi connectivity index (χ0v) is 40.0. The zero-order valence-electron chi connectivity index (χ0n) is 35.8. The maximum absolute atomic E-state index is 11.7. The fourth-order valence-electron chi connectivity index (χ4n) is 8.76. The van der Waals surface area contributed by atoms with Gasteiger partial charge in [-0.3, -0.25) is 9.78 Å². The number of hydrogen-bond acceptors (Lipinski definition) is 4. The minimum absolute atomic E-state index is 0. The molecule has 0 aliphatic carbocycles. The molecule has 1 fully saturated rings. The van der Waals surface area contributed by atoms with E-state index in [-0.39, 0.29) is 43.5 Å². The van der Waals surface area contributed by atoms with E-state index in [4.69, 9.17) is 4.98 Å². The summed E-state index contributed by atoms with van der Waals surface area (Å²) < 4.78 is 1.28. The van der Waals surface area contributed by atoms with Crippen LogP contribution in [0.1, 0.15) is 127 Å². The second-order valence-electron chi connectivity index (χ2n) is 16.8. The summed E-state index contributed by atoms with van der Waals surface area (Å²) in [6.45, 7) is 22.4. The molecule has 0 bridgehead atoms. The molecular formula is C50H66IrNO2SSi-. The third-order valence-corrected chi connectivity index (χ3v) is 17.4. The Kier molecular flexibility index (Phi) is 16.9. The van der Waals surface area contributed by atoms with E-state index in [9.17, 15) is 9.90 Å². The first-order valence-corrected chi connectivity index (χ1v) is 25.5. The van der Waals surface area contributed by atoms with Crippen LogP contribution in [0, 0.1) is 31.7 Å². The summed E-state index contributed by atoms with van der Waals surface area (Å²) in [6.07, 6.45) is 11.9. The molecule has 3 aromatic carbocycles. The quantitative estimate of drug-likeness (QED) is 0.0554. The predicted octanol–water partition coefficient (Wildman–Crippen LogP) is 15.6. The largest absolute Gasteiger partial charge is 0.512 e. The van der Waals surface area contributed by atoms with Gasteiger partial charge in [-0.25, -0.2) is 0 Å². The molecule has 1 saturated heterocycles. The van der Waals surface area contributed by atoms with E-state index in [1.54, 1.807) is 5.56 Å². The molecule has 0 spiro atoms. The predicted molar refractivity (Wildman–Crippen MR) is 243 cm³/mol. The van der Waals surface area contributed by atoms with Crippen molar-refractivity contribution < 1.29 is 30.0 Å². The molecule has 303 valence electrons. The number of rotatable bonds is 13. The molecule has 0 atom stereocenters. The Labute approximate surface area is 357 Å². The average molecular weight is 965 g/mol. The van der Waals surface area contributed by atoms with Crippen LogP contribution in [0.2, 0.25) is 25.2 Å². The van der Waals surface area contributed by atoms with Crippen molar-refractivity contribution in [1.82, 2.24) is 4.98 Å². The van der Waals surface area contributed by atoms with Gasteiger partial charge in [0.05, 0.1) is 5.76 Å². The van der Waals surface area contributed by atoms with Gasteiger partial charge in [0.15, 0.2) is 5.78 Å². The number of carbonyl (C=O) groups excluding carboxylic acids is 1. The molecule has 1 radical (unpaired) electrons.